The summed E-state index contributed by atoms with van der Waals surface area (Å²) >= 11 is 4.39. The van der Waals surface area contributed by atoms with E-state index in [4.69, 9.17) is 0 Å². The van der Waals surface area contributed by atoms with Gasteiger partial charge in [-0.3, -0.25) is 4.79 Å². The molecule has 0 aliphatic carbocycles. The molecule has 0 amide bonds. The number of hydrogen-bond acceptors (Lipinski definition) is 2. The van der Waals surface area contributed by atoms with E-state index < -0.39 is 0 Å². The second kappa shape index (κ2) is 7.12. The van der Waals surface area contributed by atoms with Crippen molar-refractivity contribution < 1.29 is 4.79 Å². The van der Waals surface area contributed by atoms with Crippen molar-refractivity contribution >= 4 is 30.1 Å². The third-order valence-electron chi connectivity index (χ3n) is 3.55. The van der Waals surface area contributed by atoms with E-state index in [0.29, 0.717) is 11.1 Å². The van der Waals surface area contributed by atoms with E-state index in [1.807, 2.05) is 91.0 Å². The molecule has 0 radical (unpaired) electrons. The zero-order valence-electron chi connectivity index (χ0n) is 12.5. The van der Waals surface area contributed by atoms with Gasteiger partial charge in [0.15, 0.2) is 5.78 Å². The molecular weight excluding hydrogens is 300 g/mol. The lowest BCUT2D eigenvalue weighted by Crippen LogP contribution is -2.02. The molecule has 0 bridgehead atoms. The van der Waals surface area contributed by atoms with E-state index in [9.17, 15) is 4.79 Å². The Morgan fingerprint density at radius 1 is 0.739 bits per heavy atom. The predicted octanol–water partition coefficient (Wildman–Crippen LogP) is 5.40. The molecule has 3 rings (SSSR count). The van der Waals surface area contributed by atoms with Crippen LogP contribution in [0.1, 0.15) is 21.5 Å². The second-order valence-electron chi connectivity index (χ2n) is 5.21. The summed E-state index contributed by atoms with van der Waals surface area (Å²) in [5.41, 5.74) is 3.21. The minimum absolute atomic E-state index is 0.00777. The Balaban J connectivity index is 2.11. The molecule has 0 unspecified atom stereocenters. The maximum Gasteiger partial charge on any atom is 0.193 e. The number of rotatable bonds is 4. The average Bonchev–Trinajstić information content (AvgIpc) is 2.61. The summed E-state index contributed by atoms with van der Waals surface area (Å²) in [5.74, 6) is 0.00777. The van der Waals surface area contributed by atoms with Crippen LogP contribution in [0.15, 0.2) is 89.8 Å². The van der Waals surface area contributed by atoms with Crippen molar-refractivity contribution in [3.8, 4) is 0 Å². The van der Waals surface area contributed by atoms with Gasteiger partial charge in [0.2, 0.25) is 0 Å². The van der Waals surface area contributed by atoms with E-state index in [1.165, 1.54) is 0 Å². The molecule has 0 saturated heterocycles. The van der Waals surface area contributed by atoms with Crippen LogP contribution in [0.4, 0.5) is 0 Å². The summed E-state index contributed by atoms with van der Waals surface area (Å²) < 4.78 is 0. The normalized spacial score (nSPS) is 11.3. The molecule has 0 aliphatic heterocycles. The van der Waals surface area contributed by atoms with Crippen molar-refractivity contribution in [2.75, 3.05) is 0 Å². The predicted molar refractivity (Wildman–Crippen MR) is 98.8 cm³/mol. The molecule has 0 fully saturated rings. The van der Waals surface area contributed by atoms with E-state index in [2.05, 4.69) is 12.6 Å². The highest BCUT2D eigenvalue weighted by Gasteiger charge is 2.14. The third-order valence-corrected chi connectivity index (χ3v) is 3.83. The summed E-state index contributed by atoms with van der Waals surface area (Å²) in [6.07, 6.45) is 1.93. The van der Waals surface area contributed by atoms with Crippen molar-refractivity contribution in [3.63, 3.8) is 0 Å². The maximum absolute atomic E-state index is 13.0. The summed E-state index contributed by atoms with van der Waals surface area (Å²) in [6, 6.07) is 26.9. The van der Waals surface area contributed by atoms with Crippen molar-refractivity contribution in [1.29, 1.82) is 0 Å². The fraction of sp³-hybridized carbons (Fsp3) is 0. The van der Waals surface area contributed by atoms with Crippen LogP contribution in [0.5, 0.6) is 0 Å². The van der Waals surface area contributed by atoms with Gasteiger partial charge < -0.3 is 0 Å². The first-order chi connectivity index (χ1) is 11.2. The van der Waals surface area contributed by atoms with E-state index in [-0.39, 0.29) is 5.78 Å². The number of allylic oxidation sites excluding steroid dienone is 1. The fourth-order valence-electron chi connectivity index (χ4n) is 2.41. The Bertz CT molecular complexity index is 836. The number of hydrogen-bond donors (Lipinski definition) is 1. The topological polar surface area (TPSA) is 17.1 Å². The highest BCUT2D eigenvalue weighted by Crippen LogP contribution is 2.24. The molecule has 0 atom stereocenters. The van der Waals surface area contributed by atoms with Gasteiger partial charge in [0.05, 0.1) is 0 Å². The lowest BCUT2D eigenvalue weighted by atomic mass is 9.95. The standard InChI is InChI=1S/C21H16OS/c22-21(17-10-5-2-6-11-17)20(14-16-8-3-1-4-9-16)18-12-7-13-19(23)15-18/h1-15,23H/b20-14+. The minimum atomic E-state index is 0.00777. The van der Waals surface area contributed by atoms with Crippen LogP contribution < -0.4 is 0 Å². The lowest BCUT2D eigenvalue weighted by molar-refractivity contribution is 0.105. The van der Waals surface area contributed by atoms with Gasteiger partial charge in [-0.15, -0.1) is 12.6 Å². The first kappa shape index (κ1) is 15.3. The van der Waals surface area contributed by atoms with Crippen LogP contribution in [0, 0.1) is 0 Å². The maximum atomic E-state index is 13.0. The van der Waals surface area contributed by atoms with Crippen molar-refractivity contribution in [2.24, 2.45) is 0 Å². The van der Waals surface area contributed by atoms with Gasteiger partial charge in [0, 0.05) is 16.0 Å². The number of thiol groups is 1. The zero-order chi connectivity index (χ0) is 16.1. The number of benzene rings is 3. The summed E-state index contributed by atoms with van der Waals surface area (Å²) in [6.45, 7) is 0. The zero-order valence-corrected chi connectivity index (χ0v) is 13.4. The van der Waals surface area contributed by atoms with Crippen molar-refractivity contribution in [3.05, 3.63) is 102 Å². The van der Waals surface area contributed by atoms with E-state index in [1.54, 1.807) is 0 Å². The van der Waals surface area contributed by atoms with Crippen LogP contribution in [0.2, 0.25) is 0 Å². The quantitative estimate of drug-likeness (QED) is 0.295. The number of ketones is 1. The highest BCUT2D eigenvalue weighted by atomic mass is 32.1. The highest BCUT2D eigenvalue weighted by molar-refractivity contribution is 7.80. The summed E-state index contributed by atoms with van der Waals surface area (Å²) in [4.78, 5) is 13.8. The van der Waals surface area contributed by atoms with Crippen LogP contribution in [0.25, 0.3) is 11.6 Å². The molecule has 2 heteroatoms. The molecule has 0 N–H and O–H groups in total. The van der Waals surface area contributed by atoms with Gasteiger partial charge in [0.1, 0.15) is 0 Å². The van der Waals surface area contributed by atoms with Crippen LogP contribution in [-0.2, 0) is 0 Å². The average molecular weight is 316 g/mol. The van der Waals surface area contributed by atoms with Gasteiger partial charge in [-0.05, 0) is 29.3 Å². The van der Waals surface area contributed by atoms with Gasteiger partial charge in [-0.25, -0.2) is 0 Å². The molecule has 3 aromatic rings. The molecule has 1 nitrogen and oxygen atoms in total. The van der Waals surface area contributed by atoms with Crippen molar-refractivity contribution in [2.45, 2.75) is 4.90 Å². The van der Waals surface area contributed by atoms with E-state index in [0.717, 1.165) is 16.0 Å². The summed E-state index contributed by atoms with van der Waals surface area (Å²) in [7, 11) is 0. The third kappa shape index (κ3) is 3.79. The Morgan fingerprint density at radius 2 is 1.35 bits per heavy atom. The molecule has 112 valence electrons. The fourth-order valence-corrected chi connectivity index (χ4v) is 2.64. The molecular formula is C21H16OS. The molecule has 3 aromatic carbocycles. The Kier molecular flexibility index (Phi) is 4.74. The number of carbonyl (C=O) groups excluding carboxylic acids is 1. The van der Waals surface area contributed by atoms with Gasteiger partial charge in [-0.2, -0.15) is 0 Å². The number of Topliss-reactive ketones (excluding diaryl/α,β-unsaturated/α-hetero) is 1. The summed E-state index contributed by atoms with van der Waals surface area (Å²) in [5, 5.41) is 0. The molecule has 0 saturated carbocycles. The van der Waals surface area contributed by atoms with E-state index >= 15 is 0 Å². The SMILES string of the molecule is O=C(/C(=C/c1ccccc1)c1cccc(S)c1)c1ccccc1. The lowest BCUT2D eigenvalue weighted by Gasteiger charge is -2.09. The number of carbonyl (C=O) groups is 1. The first-order valence-corrected chi connectivity index (χ1v) is 7.85. The monoisotopic (exact) mass is 316 g/mol. The molecule has 23 heavy (non-hydrogen) atoms. The smallest absolute Gasteiger partial charge is 0.193 e. The molecule has 0 aromatic heterocycles. The van der Waals surface area contributed by atoms with Gasteiger partial charge in [-0.1, -0.05) is 72.8 Å². The second-order valence-corrected chi connectivity index (χ2v) is 5.73. The Hall–Kier alpha value is -2.58. The molecule has 0 heterocycles. The van der Waals surface area contributed by atoms with Crippen LogP contribution in [0.3, 0.4) is 0 Å². The molecule has 0 spiro atoms. The Morgan fingerprint density at radius 3 is 2.00 bits per heavy atom. The van der Waals surface area contributed by atoms with Crippen LogP contribution >= 0.6 is 12.6 Å². The minimum Gasteiger partial charge on any atom is -0.289 e. The first-order valence-electron chi connectivity index (χ1n) is 7.40. The Labute approximate surface area is 141 Å². The van der Waals surface area contributed by atoms with Crippen LogP contribution in [-0.4, -0.2) is 5.78 Å². The largest absolute Gasteiger partial charge is 0.289 e. The molecule has 0 aliphatic rings. The van der Waals surface area contributed by atoms with Crippen molar-refractivity contribution in [1.82, 2.24) is 0 Å². The van der Waals surface area contributed by atoms with Gasteiger partial charge in [0.25, 0.3) is 0 Å². The van der Waals surface area contributed by atoms with Gasteiger partial charge >= 0.3 is 0 Å².